The van der Waals surface area contributed by atoms with Crippen molar-refractivity contribution in [3.63, 3.8) is 0 Å². The molecule has 0 saturated heterocycles. The molecule has 0 unspecified atom stereocenters. The minimum atomic E-state index is 0.728. The van der Waals surface area contributed by atoms with Gasteiger partial charge < -0.3 is 10.1 Å². The Morgan fingerprint density at radius 3 is 2.92 bits per heavy atom. The molecule has 3 heteroatoms. The van der Waals surface area contributed by atoms with E-state index in [0.717, 1.165) is 23.3 Å². The standard InChI is InChI=1S/C10H14BrNO/c1-8-3-4-9(11)7-10(8)12-5-6-13-2/h3-4,7,12H,5-6H2,1-2H3. The van der Waals surface area contributed by atoms with Crippen LogP contribution in [0.3, 0.4) is 0 Å². The minimum absolute atomic E-state index is 0.728. The average molecular weight is 244 g/mol. The van der Waals surface area contributed by atoms with Gasteiger partial charge in [0.05, 0.1) is 6.61 Å². The van der Waals surface area contributed by atoms with E-state index in [-0.39, 0.29) is 0 Å². The summed E-state index contributed by atoms with van der Waals surface area (Å²) in [6.07, 6.45) is 0. The summed E-state index contributed by atoms with van der Waals surface area (Å²) in [5, 5.41) is 3.30. The largest absolute Gasteiger partial charge is 0.383 e. The lowest BCUT2D eigenvalue weighted by atomic mass is 10.2. The first-order valence-corrected chi connectivity index (χ1v) is 5.02. The van der Waals surface area contributed by atoms with Crippen LogP contribution in [-0.2, 0) is 4.74 Å². The van der Waals surface area contributed by atoms with Gasteiger partial charge in [0.2, 0.25) is 0 Å². The predicted molar refractivity (Wildman–Crippen MR) is 59.2 cm³/mol. The normalized spacial score (nSPS) is 10.1. The molecule has 0 aromatic heterocycles. The zero-order chi connectivity index (χ0) is 9.68. The van der Waals surface area contributed by atoms with E-state index in [2.05, 4.69) is 40.3 Å². The lowest BCUT2D eigenvalue weighted by Crippen LogP contribution is -2.08. The third kappa shape index (κ3) is 3.36. The van der Waals surface area contributed by atoms with Crippen LogP contribution in [0.2, 0.25) is 0 Å². The number of hydrogen-bond donors (Lipinski definition) is 1. The van der Waals surface area contributed by atoms with E-state index in [1.54, 1.807) is 7.11 Å². The molecule has 0 spiro atoms. The Bertz CT molecular complexity index is 276. The Labute approximate surface area is 87.4 Å². The minimum Gasteiger partial charge on any atom is -0.383 e. The molecule has 2 nitrogen and oxygen atoms in total. The van der Waals surface area contributed by atoms with Gasteiger partial charge in [0.15, 0.2) is 0 Å². The molecule has 1 aromatic carbocycles. The van der Waals surface area contributed by atoms with Crippen LogP contribution in [0.25, 0.3) is 0 Å². The van der Waals surface area contributed by atoms with Gasteiger partial charge in [-0.3, -0.25) is 0 Å². The molecule has 0 aliphatic carbocycles. The van der Waals surface area contributed by atoms with E-state index in [0.29, 0.717) is 0 Å². The molecule has 0 heterocycles. The van der Waals surface area contributed by atoms with Gasteiger partial charge in [-0.05, 0) is 24.6 Å². The van der Waals surface area contributed by atoms with Crippen LogP contribution in [0.4, 0.5) is 5.69 Å². The highest BCUT2D eigenvalue weighted by Crippen LogP contribution is 2.20. The van der Waals surface area contributed by atoms with Crippen molar-refractivity contribution < 1.29 is 4.74 Å². The van der Waals surface area contributed by atoms with Gasteiger partial charge in [-0.15, -0.1) is 0 Å². The van der Waals surface area contributed by atoms with E-state index in [4.69, 9.17) is 4.74 Å². The number of benzene rings is 1. The van der Waals surface area contributed by atoms with E-state index in [1.807, 2.05) is 6.07 Å². The highest BCUT2D eigenvalue weighted by molar-refractivity contribution is 9.10. The molecule has 0 aliphatic rings. The summed E-state index contributed by atoms with van der Waals surface area (Å²) in [6.45, 7) is 3.65. The van der Waals surface area contributed by atoms with Crippen molar-refractivity contribution in [2.45, 2.75) is 6.92 Å². The first-order chi connectivity index (χ1) is 6.24. The Morgan fingerprint density at radius 1 is 1.46 bits per heavy atom. The highest BCUT2D eigenvalue weighted by Gasteiger charge is 1.97. The summed E-state index contributed by atoms with van der Waals surface area (Å²) in [7, 11) is 1.70. The summed E-state index contributed by atoms with van der Waals surface area (Å²) in [5.41, 5.74) is 2.41. The summed E-state index contributed by atoms with van der Waals surface area (Å²) in [4.78, 5) is 0. The molecule has 0 saturated carbocycles. The van der Waals surface area contributed by atoms with Crippen molar-refractivity contribution in [1.82, 2.24) is 0 Å². The highest BCUT2D eigenvalue weighted by atomic mass is 79.9. The molecule has 0 radical (unpaired) electrons. The zero-order valence-corrected chi connectivity index (χ0v) is 9.52. The van der Waals surface area contributed by atoms with Gasteiger partial charge in [0.25, 0.3) is 0 Å². The number of ether oxygens (including phenoxy) is 1. The van der Waals surface area contributed by atoms with Crippen molar-refractivity contribution in [2.75, 3.05) is 25.6 Å². The molecule has 1 aromatic rings. The second-order valence-corrected chi connectivity index (χ2v) is 3.79. The van der Waals surface area contributed by atoms with Gasteiger partial charge in [-0.25, -0.2) is 0 Å². The fourth-order valence-corrected chi connectivity index (χ4v) is 1.43. The molecule has 0 atom stereocenters. The molecular weight excluding hydrogens is 230 g/mol. The van der Waals surface area contributed by atoms with Crippen LogP contribution < -0.4 is 5.32 Å². The average Bonchev–Trinajstić information content (AvgIpc) is 2.11. The number of methoxy groups -OCH3 is 1. The van der Waals surface area contributed by atoms with E-state index < -0.39 is 0 Å². The van der Waals surface area contributed by atoms with Gasteiger partial charge in [-0.2, -0.15) is 0 Å². The van der Waals surface area contributed by atoms with Crippen LogP contribution in [0.5, 0.6) is 0 Å². The molecule has 72 valence electrons. The maximum Gasteiger partial charge on any atom is 0.0635 e. The smallest absolute Gasteiger partial charge is 0.0635 e. The molecule has 0 fully saturated rings. The molecule has 1 N–H and O–H groups in total. The van der Waals surface area contributed by atoms with Crippen LogP contribution >= 0.6 is 15.9 Å². The first-order valence-electron chi connectivity index (χ1n) is 4.23. The van der Waals surface area contributed by atoms with Crippen molar-refractivity contribution in [2.24, 2.45) is 0 Å². The van der Waals surface area contributed by atoms with E-state index >= 15 is 0 Å². The summed E-state index contributed by atoms with van der Waals surface area (Å²) in [6, 6.07) is 6.20. The number of nitrogens with one attached hydrogen (secondary N) is 1. The monoisotopic (exact) mass is 243 g/mol. The van der Waals surface area contributed by atoms with Crippen LogP contribution in [0.1, 0.15) is 5.56 Å². The second kappa shape index (κ2) is 5.25. The molecule has 13 heavy (non-hydrogen) atoms. The fourth-order valence-electron chi connectivity index (χ4n) is 1.07. The Morgan fingerprint density at radius 2 is 2.23 bits per heavy atom. The maximum absolute atomic E-state index is 4.96. The van der Waals surface area contributed by atoms with Crippen molar-refractivity contribution in [1.29, 1.82) is 0 Å². The summed E-state index contributed by atoms with van der Waals surface area (Å²) in [5.74, 6) is 0. The van der Waals surface area contributed by atoms with Gasteiger partial charge >= 0.3 is 0 Å². The topological polar surface area (TPSA) is 21.3 Å². The summed E-state index contributed by atoms with van der Waals surface area (Å²) < 4.78 is 6.05. The molecule has 0 aliphatic heterocycles. The van der Waals surface area contributed by atoms with Gasteiger partial charge in [0.1, 0.15) is 0 Å². The molecular formula is C10H14BrNO. The summed E-state index contributed by atoms with van der Waals surface area (Å²) >= 11 is 3.43. The predicted octanol–water partition coefficient (Wildman–Crippen LogP) is 2.82. The first kappa shape index (κ1) is 10.5. The number of rotatable bonds is 4. The van der Waals surface area contributed by atoms with Gasteiger partial charge in [0, 0.05) is 23.8 Å². The van der Waals surface area contributed by atoms with Gasteiger partial charge in [-0.1, -0.05) is 22.0 Å². The molecule has 0 amide bonds. The SMILES string of the molecule is COCCNc1cc(Br)ccc1C. The third-order valence-corrected chi connectivity index (χ3v) is 2.31. The van der Waals surface area contributed by atoms with Crippen molar-refractivity contribution in [3.8, 4) is 0 Å². The van der Waals surface area contributed by atoms with E-state index in [9.17, 15) is 0 Å². The second-order valence-electron chi connectivity index (χ2n) is 2.88. The third-order valence-electron chi connectivity index (χ3n) is 1.82. The Kier molecular flexibility index (Phi) is 4.25. The van der Waals surface area contributed by atoms with Crippen LogP contribution in [0, 0.1) is 6.92 Å². The zero-order valence-electron chi connectivity index (χ0n) is 7.93. The number of halogens is 1. The number of anilines is 1. The Hall–Kier alpha value is -0.540. The van der Waals surface area contributed by atoms with Crippen molar-refractivity contribution in [3.05, 3.63) is 28.2 Å². The number of hydrogen-bond acceptors (Lipinski definition) is 2. The van der Waals surface area contributed by atoms with E-state index in [1.165, 1.54) is 5.56 Å². The quantitative estimate of drug-likeness (QED) is 0.822. The lowest BCUT2D eigenvalue weighted by Gasteiger charge is -2.08. The van der Waals surface area contributed by atoms with Crippen LogP contribution in [-0.4, -0.2) is 20.3 Å². The van der Waals surface area contributed by atoms with Crippen LogP contribution in [0.15, 0.2) is 22.7 Å². The van der Waals surface area contributed by atoms with Crippen molar-refractivity contribution >= 4 is 21.6 Å². The fraction of sp³-hybridized carbons (Fsp3) is 0.400. The molecule has 1 rings (SSSR count). The molecule has 0 bridgehead atoms. The maximum atomic E-state index is 4.96. The Balaban J connectivity index is 2.59. The number of aryl methyl sites for hydroxylation is 1. The lowest BCUT2D eigenvalue weighted by molar-refractivity contribution is 0.211.